The predicted octanol–water partition coefficient (Wildman–Crippen LogP) is 3.67. The second kappa shape index (κ2) is 6.01. The first-order chi connectivity index (χ1) is 11.9. The number of sulfonamides is 1. The van der Waals surface area contributed by atoms with E-state index in [0.29, 0.717) is 34.8 Å². The molecule has 4 rings (SSSR count). The van der Waals surface area contributed by atoms with Gasteiger partial charge in [-0.3, -0.25) is 9.71 Å². The largest absolute Gasteiger partial charge is 0.493 e. The number of hydrogen-bond donors (Lipinski definition) is 1. The molecule has 0 radical (unpaired) electrons. The molecular formula is C16H11Cl2N3O3S. The number of benzene rings is 2. The maximum Gasteiger partial charge on any atom is 0.263 e. The summed E-state index contributed by atoms with van der Waals surface area (Å²) < 4.78 is 33.0. The van der Waals surface area contributed by atoms with E-state index in [1.165, 1.54) is 12.3 Å². The monoisotopic (exact) mass is 395 g/mol. The highest BCUT2D eigenvalue weighted by Gasteiger charge is 2.20. The lowest BCUT2D eigenvalue weighted by Gasteiger charge is -2.09. The van der Waals surface area contributed by atoms with Gasteiger partial charge < -0.3 is 4.74 Å². The van der Waals surface area contributed by atoms with Gasteiger partial charge in [0.2, 0.25) is 0 Å². The van der Waals surface area contributed by atoms with Gasteiger partial charge in [0, 0.05) is 6.42 Å². The van der Waals surface area contributed by atoms with E-state index in [1.54, 1.807) is 24.3 Å². The highest BCUT2D eigenvalue weighted by Crippen LogP contribution is 2.30. The number of nitrogens with zero attached hydrogens (tertiary/aromatic N) is 2. The molecule has 1 N–H and O–H groups in total. The number of anilines is 1. The number of fused-ring (bicyclic) bond motifs is 2. The third-order valence-corrected chi connectivity index (χ3v) is 5.96. The smallest absolute Gasteiger partial charge is 0.263 e. The van der Waals surface area contributed by atoms with Gasteiger partial charge in [0.15, 0.2) is 5.82 Å². The van der Waals surface area contributed by atoms with Crippen LogP contribution in [0.3, 0.4) is 0 Å². The highest BCUT2D eigenvalue weighted by molar-refractivity contribution is 7.92. The normalized spacial score (nSPS) is 13.5. The quantitative estimate of drug-likeness (QED) is 0.731. The van der Waals surface area contributed by atoms with Crippen LogP contribution < -0.4 is 9.46 Å². The summed E-state index contributed by atoms with van der Waals surface area (Å²) in [6.45, 7) is 0.557. The Morgan fingerprint density at radius 3 is 2.84 bits per heavy atom. The Labute approximate surface area is 153 Å². The Morgan fingerprint density at radius 2 is 2.00 bits per heavy atom. The van der Waals surface area contributed by atoms with Gasteiger partial charge in [-0.1, -0.05) is 23.2 Å². The second-order valence-corrected chi connectivity index (χ2v) is 7.93. The van der Waals surface area contributed by atoms with E-state index in [9.17, 15) is 8.42 Å². The van der Waals surface area contributed by atoms with Gasteiger partial charge in [0.1, 0.15) is 11.3 Å². The first-order valence-corrected chi connectivity index (χ1v) is 9.57. The highest BCUT2D eigenvalue weighted by atomic mass is 35.5. The predicted molar refractivity (Wildman–Crippen MR) is 96.0 cm³/mol. The number of halogens is 2. The van der Waals surface area contributed by atoms with Crippen LogP contribution in [-0.2, 0) is 16.4 Å². The van der Waals surface area contributed by atoms with E-state index >= 15 is 0 Å². The molecule has 1 aliphatic heterocycles. The van der Waals surface area contributed by atoms with Crippen molar-refractivity contribution >= 4 is 50.1 Å². The Balaban J connectivity index is 1.71. The Kier molecular flexibility index (Phi) is 3.94. The minimum Gasteiger partial charge on any atom is -0.493 e. The van der Waals surface area contributed by atoms with Gasteiger partial charge in [0.25, 0.3) is 10.0 Å². The fraction of sp³-hybridized carbons (Fsp3) is 0.125. The van der Waals surface area contributed by atoms with Crippen LogP contribution in [0.25, 0.3) is 11.0 Å². The van der Waals surface area contributed by atoms with Crippen molar-refractivity contribution in [3.8, 4) is 5.75 Å². The van der Waals surface area contributed by atoms with Crippen molar-refractivity contribution in [2.45, 2.75) is 11.3 Å². The fourth-order valence-electron chi connectivity index (χ4n) is 2.60. The zero-order chi connectivity index (χ0) is 17.6. The van der Waals surface area contributed by atoms with Crippen molar-refractivity contribution in [1.29, 1.82) is 0 Å². The van der Waals surface area contributed by atoms with Crippen LogP contribution in [0, 0.1) is 0 Å². The third kappa shape index (κ3) is 2.99. The van der Waals surface area contributed by atoms with E-state index in [2.05, 4.69) is 14.7 Å². The average molecular weight is 396 g/mol. The maximum atomic E-state index is 12.6. The van der Waals surface area contributed by atoms with Gasteiger partial charge >= 0.3 is 0 Å². The Morgan fingerprint density at radius 1 is 1.16 bits per heavy atom. The van der Waals surface area contributed by atoms with E-state index < -0.39 is 10.0 Å². The van der Waals surface area contributed by atoms with Gasteiger partial charge in [-0.05, 0) is 35.9 Å². The lowest BCUT2D eigenvalue weighted by Crippen LogP contribution is -2.14. The number of rotatable bonds is 3. The molecule has 6 nitrogen and oxygen atoms in total. The van der Waals surface area contributed by atoms with Crippen LogP contribution in [-0.4, -0.2) is 25.0 Å². The van der Waals surface area contributed by atoms with Crippen LogP contribution in [0.5, 0.6) is 5.75 Å². The summed E-state index contributed by atoms with van der Waals surface area (Å²) in [5, 5.41) is 0.546. The van der Waals surface area contributed by atoms with Crippen LogP contribution >= 0.6 is 23.2 Å². The van der Waals surface area contributed by atoms with Crippen molar-refractivity contribution in [3.05, 3.63) is 52.1 Å². The van der Waals surface area contributed by atoms with Crippen LogP contribution in [0.15, 0.2) is 41.4 Å². The van der Waals surface area contributed by atoms with Crippen LogP contribution in [0.1, 0.15) is 5.56 Å². The molecule has 1 aliphatic rings. The number of hydrogen-bond acceptors (Lipinski definition) is 5. The average Bonchev–Trinajstić information content (AvgIpc) is 3.06. The van der Waals surface area contributed by atoms with Crippen molar-refractivity contribution in [1.82, 2.24) is 9.97 Å². The molecule has 3 aromatic rings. The molecule has 0 unspecified atom stereocenters. The lowest BCUT2D eigenvalue weighted by atomic mass is 10.2. The summed E-state index contributed by atoms with van der Waals surface area (Å²) in [5.41, 5.74) is 1.71. The van der Waals surface area contributed by atoms with E-state index in [4.69, 9.17) is 27.9 Å². The number of ether oxygens (including phenoxy) is 1. The molecule has 0 amide bonds. The summed E-state index contributed by atoms with van der Waals surface area (Å²) >= 11 is 12.1. The van der Waals surface area contributed by atoms with Gasteiger partial charge in [-0.25, -0.2) is 13.4 Å². The number of aromatic nitrogens is 2. The first-order valence-electron chi connectivity index (χ1n) is 7.33. The standard InChI is InChI=1S/C16H11Cl2N3O3S/c17-11-2-3-12-16(15(11)18)20-14(8-19-12)21-25(22,23)10-1-4-13-9(7-10)5-6-24-13/h1-4,7-8H,5-6H2,(H,20,21). The zero-order valence-electron chi connectivity index (χ0n) is 12.7. The van der Waals surface area contributed by atoms with Crippen LogP contribution in [0.4, 0.5) is 5.82 Å². The molecule has 2 aromatic carbocycles. The zero-order valence-corrected chi connectivity index (χ0v) is 15.0. The molecule has 0 saturated heterocycles. The molecule has 0 bridgehead atoms. The molecule has 128 valence electrons. The summed E-state index contributed by atoms with van der Waals surface area (Å²) in [7, 11) is -3.81. The van der Waals surface area contributed by atoms with Crippen molar-refractivity contribution in [2.75, 3.05) is 11.3 Å². The van der Waals surface area contributed by atoms with Crippen molar-refractivity contribution in [3.63, 3.8) is 0 Å². The lowest BCUT2D eigenvalue weighted by molar-refractivity contribution is 0.356. The van der Waals surface area contributed by atoms with E-state index in [-0.39, 0.29) is 15.7 Å². The fourth-order valence-corrected chi connectivity index (χ4v) is 3.99. The minimum absolute atomic E-state index is 0.0633. The van der Waals surface area contributed by atoms with E-state index in [1.807, 2.05) is 0 Å². The number of nitrogens with one attached hydrogen (secondary N) is 1. The first kappa shape index (κ1) is 16.4. The molecule has 0 spiro atoms. The van der Waals surface area contributed by atoms with E-state index in [0.717, 1.165) is 5.56 Å². The Bertz CT molecular complexity index is 1100. The van der Waals surface area contributed by atoms with Gasteiger partial charge in [0.05, 0.1) is 33.3 Å². The minimum atomic E-state index is -3.81. The summed E-state index contributed by atoms with van der Waals surface area (Å²) in [6.07, 6.45) is 2.02. The molecule has 0 atom stereocenters. The van der Waals surface area contributed by atoms with Crippen molar-refractivity contribution < 1.29 is 13.2 Å². The van der Waals surface area contributed by atoms with Crippen molar-refractivity contribution in [2.24, 2.45) is 0 Å². The van der Waals surface area contributed by atoms with Gasteiger partial charge in [-0.15, -0.1) is 0 Å². The summed E-state index contributed by atoms with van der Waals surface area (Å²) in [5.74, 6) is 0.777. The summed E-state index contributed by atoms with van der Waals surface area (Å²) in [6, 6.07) is 8.01. The third-order valence-electron chi connectivity index (χ3n) is 3.82. The molecule has 25 heavy (non-hydrogen) atoms. The topological polar surface area (TPSA) is 81.2 Å². The molecular weight excluding hydrogens is 385 g/mol. The molecule has 9 heteroatoms. The summed E-state index contributed by atoms with van der Waals surface area (Å²) in [4.78, 5) is 8.53. The SMILES string of the molecule is O=S(=O)(Nc1cnc2ccc(Cl)c(Cl)c2n1)c1ccc2c(c1)CCO2. The van der Waals surface area contributed by atoms with Crippen LogP contribution in [0.2, 0.25) is 10.0 Å². The maximum absolute atomic E-state index is 12.6. The Hall–Kier alpha value is -2.09. The molecule has 0 saturated carbocycles. The second-order valence-electron chi connectivity index (χ2n) is 5.46. The molecule has 2 heterocycles. The molecule has 0 aliphatic carbocycles. The molecule has 0 fully saturated rings. The van der Waals surface area contributed by atoms with Gasteiger partial charge in [-0.2, -0.15) is 0 Å². The molecule has 1 aromatic heterocycles.